The van der Waals surface area contributed by atoms with E-state index in [2.05, 4.69) is 4.98 Å². The first-order valence-electron chi connectivity index (χ1n) is 6.32. The number of aromatic nitrogens is 1. The Morgan fingerprint density at radius 1 is 1.50 bits per heavy atom. The molecule has 0 aliphatic carbocycles. The fourth-order valence-electron chi connectivity index (χ4n) is 2.34. The van der Waals surface area contributed by atoms with Crippen LogP contribution in [0, 0.1) is 17.2 Å². The Morgan fingerprint density at radius 2 is 2.20 bits per heavy atom. The van der Waals surface area contributed by atoms with Gasteiger partial charge in [0, 0.05) is 19.1 Å². The molecule has 2 atom stereocenters. The van der Waals surface area contributed by atoms with E-state index in [4.69, 9.17) is 11.0 Å². The number of nitriles is 1. The first-order valence-corrected chi connectivity index (χ1v) is 6.32. The normalized spacial score (nSPS) is 20.8. The summed E-state index contributed by atoms with van der Waals surface area (Å²) in [6.07, 6.45) is -3.72. The minimum Gasteiger partial charge on any atom is -0.355 e. The molecule has 2 heterocycles. The molecule has 2 unspecified atom stereocenters. The minimum atomic E-state index is -4.51. The molecule has 0 bridgehead atoms. The van der Waals surface area contributed by atoms with Crippen molar-refractivity contribution < 1.29 is 13.2 Å². The van der Waals surface area contributed by atoms with Gasteiger partial charge in [0.2, 0.25) is 0 Å². The van der Waals surface area contributed by atoms with Crippen molar-refractivity contribution in [3.8, 4) is 6.07 Å². The van der Waals surface area contributed by atoms with Crippen LogP contribution < -0.4 is 10.6 Å². The fraction of sp³-hybridized carbons (Fsp3) is 0.538. The number of rotatable bonds is 2. The number of nitrogens with zero attached hydrogens (tertiary/aromatic N) is 3. The Kier molecular flexibility index (Phi) is 3.86. The lowest BCUT2D eigenvalue weighted by molar-refractivity contribution is -0.141. The second-order valence-corrected chi connectivity index (χ2v) is 5.03. The molecule has 1 aromatic heterocycles. The molecule has 1 aliphatic heterocycles. The Balaban J connectivity index is 2.33. The molecular weight excluding hydrogens is 269 g/mol. The number of hydrogen-bond acceptors (Lipinski definition) is 4. The third-order valence-electron chi connectivity index (χ3n) is 3.55. The molecule has 7 heteroatoms. The van der Waals surface area contributed by atoms with Crippen LogP contribution in [0.1, 0.15) is 24.6 Å². The van der Waals surface area contributed by atoms with Gasteiger partial charge in [-0.2, -0.15) is 18.4 Å². The molecule has 20 heavy (non-hydrogen) atoms. The van der Waals surface area contributed by atoms with Crippen molar-refractivity contribution in [3.05, 3.63) is 23.4 Å². The summed E-state index contributed by atoms with van der Waals surface area (Å²) in [5.74, 6) is 0.309. The maximum Gasteiger partial charge on any atom is 0.433 e. The summed E-state index contributed by atoms with van der Waals surface area (Å²) < 4.78 is 38.1. The number of nitrogens with two attached hydrogens (primary N) is 1. The SMILES string of the molecule is CC(N)C1CCN(c2nc(C(F)(F)F)ccc2C#N)C1. The lowest BCUT2D eigenvalue weighted by Crippen LogP contribution is -2.30. The van der Waals surface area contributed by atoms with Crippen LogP contribution in [0.3, 0.4) is 0 Å². The van der Waals surface area contributed by atoms with Crippen LogP contribution in [0.2, 0.25) is 0 Å². The van der Waals surface area contributed by atoms with Crippen molar-refractivity contribution in [1.29, 1.82) is 5.26 Å². The van der Waals surface area contributed by atoms with Crippen LogP contribution in [-0.2, 0) is 6.18 Å². The molecule has 0 spiro atoms. The van der Waals surface area contributed by atoms with Crippen molar-refractivity contribution in [2.45, 2.75) is 25.6 Å². The molecule has 1 saturated heterocycles. The average molecular weight is 284 g/mol. The van der Waals surface area contributed by atoms with E-state index in [1.807, 2.05) is 13.0 Å². The van der Waals surface area contributed by atoms with E-state index in [1.165, 1.54) is 6.07 Å². The first kappa shape index (κ1) is 14.6. The van der Waals surface area contributed by atoms with Gasteiger partial charge in [0.1, 0.15) is 17.6 Å². The maximum atomic E-state index is 12.7. The van der Waals surface area contributed by atoms with Crippen molar-refractivity contribution >= 4 is 5.82 Å². The quantitative estimate of drug-likeness (QED) is 0.903. The van der Waals surface area contributed by atoms with Gasteiger partial charge in [0.25, 0.3) is 0 Å². The molecule has 2 N–H and O–H groups in total. The van der Waals surface area contributed by atoms with Crippen molar-refractivity contribution in [2.75, 3.05) is 18.0 Å². The molecule has 0 saturated carbocycles. The number of anilines is 1. The second kappa shape index (κ2) is 5.29. The molecule has 4 nitrogen and oxygen atoms in total. The predicted molar refractivity (Wildman–Crippen MR) is 67.9 cm³/mol. The number of pyridine rings is 1. The fourth-order valence-corrected chi connectivity index (χ4v) is 2.34. The topological polar surface area (TPSA) is 65.9 Å². The monoisotopic (exact) mass is 284 g/mol. The molecule has 1 aliphatic rings. The lowest BCUT2D eigenvalue weighted by atomic mass is 10.0. The van der Waals surface area contributed by atoms with Crippen molar-refractivity contribution in [2.24, 2.45) is 11.7 Å². The van der Waals surface area contributed by atoms with E-state index in [0.717, 1.165) is 12.5 Å². The molecule has 2 rings (SSSR count). The van der Waals surface area contributed by atoms with Crippen LogP contribution in [0.25, 0.3) is 0 Å². The molecule has 0 radical (unpaired) electrons. The van der Waals surface area contributed by atoms with Crippen LogP contribution in [0.5, 0.6) is 0 Å². The number of hydrogen-bond donors (Lipinski definition) is 1. The second-order valence-electron chi connectivity index (χ2n) is 5.03. The van der Waals surface area contributed by atoms with Gasteiger partial charge in [-0.3, -0.25) is 0 Å². The van der Waals surface area contributed by atoms with E-state index in [1.54, 1.807) is 4.90 Å². The highest BCUT2D eigenvalue weighted by atomic mass is 19.4. The summed E-state index contributed by atoms with van der Waals surface area (Å²) in [7, 11) is 0. The van der Waals surface area contributed by atoms with Crippen LogP contribution in [-0.4, -0.2) is 24.1 Å². The van der Waals surface area contributed by atoms with E-state index in [0.29, 0.717) is 13.1 Å². The molecule has 0 aromatic carbocycles. The summed E-state index contributed by atoms with van der Waals surface area (Å²) in [6.45, 7) is 2.97. The zero-order chi connectivity index (χ0) is 14.9. The zero-order valence-electron chi connectivity index (χ0n) is 11.0. The number of alkyl halides is 3. The highest BCUT2D eigenvalue weighted by molar-refractivity contribution is 5.55. The third kappa shape index (κ3) is 2.85. The summed E-state index contributed by atoms with van der Waals surface area (Å²) in [5, 5.41) is 9.02. The summed E-state index contributed by atoms with van der Waals surface area (Å²) >= 11 is 0. The number of halogens is 3. The van der Waals surface area contributed by atoms with Gasteiger partial charge in [-0.1, -0.05) is 0 Å². The van der Waals surface area contributed by atoms with E-state index < -0.39 is 11.9 Å². The van der Waals surface area contributed by atoms with Gasteiger partial charge < -0.3 is 10.6 Å². The largest absolute Gasteiger partial charge is 0.433 e. The molecule has 0 amide bonds. The molecule has 108 valence electrons. The van der Waals surface area contributed by atoms with Gasteiger partial charge in [-0.25, -0.2) is 4.98 Å². The standard InChI is InChI=1S/C13H15F3N4/c1-8(18)10-4-5-20(7-10)12-9(6-17)2-3-11(19-12)13(14,15)16/h2-3,8,10H,4-5,7,18H2,1H3. The predicted octanol–water partition coefficient (Wildman–Crippen LogP) is 2.15. The smallest absolute Gasteiger partial charge is 0.355 e. The van der Waals surface area contributed by atoms with Gasteiger partial charge in [0.15, 0.2) is 0 Å². The summed E-state index contributed by atoms with van der Waals surface area (Å²) in [4.78, 5) is 5.34. The Bertz CT molecular complexity index is 533. The van der Waals surface area contributed by atoms with E-state index in [9.17, 15) is 13.2 Å². The Morgan fingerprint density at radius 3 is 2.70 bits per heavy atom. The van der Waals surface area contributed by atoms with Gasteiger partial charge in [0.05, 0.1) is 5.56 Å². The van der Waals surface area contributed by atoms with Crippen LogP contribution >= 0.6 is 0 Å². The van der Waals surface area contributed by atoms with Crippen LogP contribution in [0.4, 0.5) is 19.0 Å². The van der Waals surface area contributed by atoms with Gasteiger partial charge >= 0.3 is 6.18 Å². The van der Waals surface area contributed by atoms with E-state index >= 15 is 0 Å². The van der Waals surface area contributed by atoms with Gasteiger partial charge in [-0.05, 0) is 31.4 Å². The van der Waals surface area contributed by atoms with Crippen molar-refractivity contribution in [1.82, 2.24) is 4.98 Å². The first-order chi connectivity index (χ1) is 9.32. The van der Waals surface area contributed by atoms with Gasteiger partial charge in [-0.15, -0.1) is 0 Å². The highest BCUT2D eigenvalue weighted by Crippen LogP contribution is 2.32. The highest BCUT2D eigenvalue weighted by Gasteiger charge is 2.35. The average Bonchev–Trinajstić information content (AvgIpc) is 2.86. The Hall–Kier alpha value is -1.81. The molecular formula is C13H15F3N4. The molecule has 1 fully saturated rings. The van der Waals surface area contributed by atoms with Crippen LogP contribution in [0.15, 0.2) is 12.1 Å². The summed E-state index contributed by atoms with van der Waals surface area (Å²) in [6, 6.07) is 3.87. The minimum absolute atomic E-state index is 0.0312. The summed E-state index contributed by atoms with van der Waals surface area (Å²) in [5.41, 5.74) is 5.00. The van der Waals surface area contributed by atoms with E-state index in [-0.39, 0.29) is 23.3 Å². The molecule has 1 aromatic rings. The third-order valence-corrected chi connectivity index (χ3v) is 3.55. The maximum absolute atomic E-state index is 12.7. The lowest BCUT2D eigenvalue weighted by Gasteiger charge is -2.21. The Labute approximate surface area is 115 Å². The van der Waals surface area contributed by atoms with Crippen molar-refractivity contribution in [3.63, 3.8) is 0 Å². The zero-order valence-corrected chi connectivity index (χ0v) is 11.0.